The van der Waals surface area contributed by atoms with Crippen LogP contribution in [0.3, 0.4) is 0 Å². The molecule has 1 fully saturated rings. The fourth-order valence-corrected chi connectivity index (χ4v) is 4.41. The highest BCUT2D eigenvalue weighted by Gasteiger charge is 2.29. The SMILES string of the molecule is O=S(=O)(c1cccs1)N1CCC(Cl)CC1. The molecule has 6 heteroatoms. The van der Waals surface area contributed by atoms with Crippen molar-refractivity contribution in [2.75, 3.05) is 13.1 Å². The monoisotopic (exact) mass is 265 g/mol. The molecule has 0 aromatic carbocycles. The minimum Gasteiger partial charge on any atom is -0.206 e. The largest absolute Gasteiger partial charge is 0.252 e. The lowest BCUT2D eigenvalue weighted by molar-refractivity contribution is 0.351. The Morgan fingerprint density at radius 3 is 2.60 bits per heavy atom. The Kier molecular flexibility index (Phi) is 3.35. The summed E-state index contributed by atoms with van der Waals surface area (Å²) in [6, 6.07) is 3.40. The van der Waals surface area contributed by atoms with Gasteiger partial charge in [-0.25, -0.2) is 8.42 Å². The smallest absolute Gasteiger partial charge is 0.206 e. The van der Waals surface area contributed by atoms with Crippen molar-refractivity contribution in [3.8, 4) is 0 Å². The topological polar surface area (TPSA) is 37.4 Å². The zero-order chi connectivity index (χ0) is 10.9. The summed E-state index contributed by atoms with van der Waals surface area (Å²) in [7, 11) is -3.25. The first kappa shape index (κ1) is 11.4. The first-order valence-electron chi connectivity index (χ1n) is 4.78. The summed E-state index contributed by atoms with van der Waals surface area (Å²) < 4.78 is 26.0. The van der Waals surface area contributed by atoms with E-state index in [0.29, 0.717) is 17.3 Å². The van der Waals surface area contributed by atoms with Crippen LogP contribution in [-0.2, 0) is 10.0 Å². The number of thiophene rings is 1. The molecule has 1 aliphatic heterocycles. The molecule has 1 saturated heterocycles. The van der Waals surface area contributed by atoms with Crippen molar-refractivity contribution in [1.29, 1.82) is 0 Å². The lowest BCUT2D eigenvalue weighted by Gasteiger charge is -2.27. The van der Waals surface area contributed by atoms with Crippen molar-refractivity contribution in [1.82, 2.24) is 4.31 Å². The molecule has 0 atom stereocenters. The van der Waals surface area contributed by atoms with Crippen molar-refractivity contribution in [2.45, 2.75) is 22.4 Å². The maximum atomic E-state index is 12.0. The van der Waals surface area contributed by atoms with Crippen LogP contribution in [0.2, 0.25) is 0 Å². The van der Waals surface area contributed by atoms with Crippen LogP contribution in [0.1, 0.15) is 12.8 Å². The van der Waals surface area contributed by atoms with E-state index in [9.17, 15) is 8.42 Å². The van der Waals surface area contributed by atoms with Gasteiger partial charge in [0.05, 0.1) is 0 Å². The molecule has 3 nitrogen and oxygen atoms in total. The Labute approximate surface area is 98.7 Å². The summed E-state index contributed by atoms with van der Waals surface area (Å²) in [5.74, 6) is 0. The molecule has 0 aliphatic carbocycles. The highest BCUT2D eigenvalue weighted by atomic mass is 35.5. The van der Waals surface area contributed by atoms with Crippen molar-refractivity contribution in [2.24, 2.45) is 0 Å². The van der Waals surface area contributed by atoms with E-state index >= 15 is 0 Å². The van der Waals surface area contributed by atoms with Gasteiger partial charge in [-0.15, -0.1) is 22.9 Å². The van der Waals surface area contributed by atoms with Crippen molar-refractivity contribution in [3.05, 3.63) is 17.5 Å². The molecule has 84 valence electrons. The van der Waals surface area contributed by atoms with Crippen LogP contribution in [0.4, 0.5) is 0 Å². The van der Waals surface area contributed by atoms with Gasteiger partial charge in [0.15, 0.2) is 0 Å². The maximum Gasteiger partial charge on any atom is 0.252 e. The molecule has 2 rings (SSSR count). The van der Waals surface area contributed by atoms with E-state index in [-0.39, 0.29) is 5.38 Å². The van der Waals surface area contributed by atoms with E-state index in [1.165, 1.54) is 15.6 Å². The van der Waals surface area contributed by atoms with Gasteiger partial charge in [0.2, 0.25) is 0 Å². The van der Waals surface area contributed by atoms with Crippen LogP contribution in [-0.4, -0.2) is 31.2 Å². The Hall–Kier alpha value is -0.100. The maximum absolute atomic E-state index is 12.0. The van der Waals surface area contributed by atoms with E-state index < -0.39 is 10.0 Å². The average Bonchev–Trinajstić information content (AvgIpc) is 2.71. The van der Waals surface area contributed by atoms with Crippen LogP contribution >= 0.6 is 22.9 Å². The quantitative estimate of drug-likeness (QED) is 0.769. The predicted octanol–water partition coefficient (Wildman–Crippen LogP) is 2.14. The van der Waals surface area contributed by atoms with Crippen LogP contribution in [0.25, 0.3) is 0 Å². The molecular formula is C9H12ClNO2S2. The fourth-order valence-electron chi connectivity index (χ4n) is 1.60. The Morgan fingerprint density at radius 1 is 1.40 bits per heavy atom. The summed E-state index contributed by atoms with van der Waals surface area (Å²) in [5.41, 5.74) is 0. The first-order chi connectivity index (χ1) is 7.10. The van der Waals surface area contributed by atoms with Crippen molar-refractivity contribution in [3.63, 3.8) is 0 Å². The van der Waals surface area contributed by atoms with Crippen LogP contribution in [0.5, 0.6) is 0 Å². The Balaban J connectivity index is 2.17. The van der Waals surface area contributed by atoms with E-state index in [1.807, 2.05) is 0 Å². The zero-order valence-electron chi connectivity index (χ0n) is 8.10. The summed E-state index contributed by atoms with van der Waals surface area (Å²) in [6.07, 6.45) is 1.48. The molecule has 2 heterocycles. The third kappa shape index (κ3) is 2.36. The van der Waals surface area contributed by atoms with Gasteiger partial charge >= 0.3 is 0 Å². The van der Waals surface area contributed by atoms with Gasteiger partial charge in [-0.3, -0.25) is 0 Å². The third-order valence-electron chi connectivity index (χ3n) is 2.47. The molecule has 0 saturated carbocycles. The molecule has 0 bridgehead atoms. The molecule has 0 radical (unpaired) electrons. The Bertz CT molecular complexity index is 407. The summed E-state index contributed by atoms with van der Waals surface area (Å²) >= 11 is 7.20. The summed E-state index contributed by atoms with van der Waals surface area (Å²) in [5, 5.41) is 1.90. The highest BCUT2D eigenvalue weighted by molar-refractivity contribution is 7.91. The van der Waals surface area contributed by atoms with E-state index in [1.54, 1.807) is 17.5 Å². The normalized spacial score (nSPS) is 20.6. The number of hydrogen-bond donors (Lipinski definition) is 0. The molecule has 0 spiro atoms. The molecule has 0 unspecified atom stereocenters. The molecule has 0 N–H and O–H groups in total. The van der Waals surface area contributed by atoms with Crippen LogP contribution in [0.15, 0.2) is 21.7 Å². The van der Waals surface area contributed by atoms with Crippen LogP contribution < -0.4 is 0 Å². The van der Waals surface area contributed by atoms with Gasteiger partial charge in [0.25, 0.3) is 10.0 Å². The van der Waals surface area contributed by atoms with Gasteiger partial charge in [-0.2, -0.15) is 4.31 Å². The minimum atomic E-state index is -3.25. The number of hydrogen-bond acceptors (Lipinski definition) is 3. The third-order valence-corrected chi connectivity index (χ3v) is 6.18. The average molecular weight is 266 g/mol. The number of halogens is 1. The van der Waals surface area contributed by atoms with Crippen molar-refractivity contribution >= 4 is 33.0 Å². The first-order valence-corrected chi connectivity index (χ1v) is 7.54. The Morgan fingerprint density at radius 2 is 2.07 bits per heavy atom. The molecular weight excluding hydrogens is 254 g/mol. The number of sulfonamides is 1. The van der Waals surface area contributed by atoms with Gasteiger partial charge < -0.3 is 0 Å². The number of rotatable bonds is 2. The van der Waals surface area contributed by atoms with E-state index in [4.69, 9.17) is 11.6 Å². The predicted molar refractivity (Wildman–Crippen MR) is 62.0 cm³/mol. The second kappa shape index (κ2) is 4.41. The van der Waals surface area contributed by atoms with E-state index in [2.05, 4.69) is 0 Å². The fraction of sp³-hybridized carbons (Fsp3) is 0.556. The number of nitrogens with zero attached hydrogens (tertiary/aromatic N) is 1. The van der Waals surface area contributed by atoms with Gasteiger partial charge in [-0.1, -0.05) is 6.07 Å². The number of piperidine rings is 1. The standard InChI is InChI=1S/C9H12ClNO2S2/c10-8-3-5-11(6-4-8)15(12,13)9-2-1-7-14-9/h1-2,7-8H,3-6H2. The second-order valence-corrected chi connectivity index (χ2v) is 7.24. The molecule has 1 aromatic rings. The molecule has 1 aliphatic rings. The summed E-state index contributed by atoms with van der Waals surface area (Å²) in [4.78, 5) is 0. The van der Waals surface area contributed by atoms with Gasteiger partial charge in [0.1, 0.15) is 4.21 Å². The van der Waals surface area contributed by atoms with Gasteiger partial charge in [-0.05, 0) is 24.3 Å². The lowest BCUT2D eigenvalue weighted by Crippen LogP contribution is -2.38. The zero-order valence-corrected chi connectivity index (χ0v) is 10.5. The van der Waals surface area contributed by atoms with Crippen LogP contribution in [0, 0.1) is 0 Å². The highest BCUT2D eigenvalue weighted by Crippen LogP contribution is 2.25. The van der Waals surface area contributed by atoms with Gasteiger partial charge in [0, 0.05) is 18.5 Å². The molecule has 1 aromatic heterocycles. The molecule has 15 heavy (non-hydrogen) atoms. The van der Waals surface area contributed by atoms with Crippen molar-refractivity contribution < 1.29 is 8.42 Å². The van der Waals surface area contributed by atoms with E-state index in [0.717, 1.165) is 12.8 Å². The summed E-state index contributed by atoms with van der Waals surface area (Å²) in [6.45, 7) is 1.07. The molecule has 0 amide bonds. The second-order valence-electron chi connectivity index (χ2n) is 3.51. The number of alkyl halides is 1. The lowest BCUT2D eigenvalue weighted by atomic mass is 10.2. The minimum absolute atomic E-state index is 0.125.